The summed E-state index contributed by atoms with van der Waals surface area (Å²) < 4.78 is 19.2. The maximum Gasteiger partial charge on any atom is 0.224 e. The Morgan fingerprint density at radius 3 is 2.77 bits per heavy atom. The molecule has 1 saturated heterocycles. The normalized spacial score (nSPS) is 19.7. The van der Waals surface area contributed by atoms with Crippen LogP contribution < -0.4 is 15.4 Å². The maximum absolute atomic E-state index is 13.6. The average molecular weight is 308 g/mol. The van der Waals surface area contributed by atoms with Crippen LogP contribution in [0.2, 0.25) is 0 Å². The Hall–Kier alpha value is -1.62. The molecule has 1 aliphatic heterocycles. The van der Waals surface area contributed by atoms with Crippen molar-refractivity contribution in [2.45, 2.75) is 33.2 Å². The van der Waals surface area contributed by atoms with Crippen LogP contribution >= 0.6 is 0 Å². The fourth-order valence-corrected chi connectivity index (χ4v) is 2.41. The zero-order chi connectivity index (χ0) is 16.2. The largest absolute Gasteiger partial charge is 0.488 e. The minimum Gasteiger partial charge on any atom is -0.488 e. The highest BCUT2D eigenvalue weighted by atomic mass is 19.1. The molecule has 1 amide bonds. The van der Waals surface area contributed by atoms with Crippen molar-refractivity contribution in [2.75, 3.05) is 19.7 Å². The van der Waals surface area contributed by atoms with Crippen molar-refractivity contribution in [3.8, 4) is 5.75 Å². The second kappa shape index (κ2) is 7.09. The molecule has 2 N–H and O–H groups in total. The zero-order valence-corrected chi connectivity index (χ0v) is 13.5. The van der Waals surface area contributed by atoms with Crippen LogP contribution in [0.5, 0.6) is 5.75 Å². The molecule has 1 heterocycles. The fourth-order valence-electron chi connectivity index (χ4n) is 2.41. The van der Waals surface area contributed by atoms with Gasteiger partial charge in [-0.15, -0.1) is 0 Å². The van der Waals surface area contributed by atoms with E-state index < -0.39 is 0 Å². The topological polar surface area (TPSA) is 50.4 Å². The smallest absolute Gasteiger partial charge is 0.224 e. The van der Waals surface area contributed by atoms with Gasteiger partial charge in [0.15, 0.2) is 11.6 Å². The summed E-state index contributed by atoms with van der Waals surface area (Å²) in [5.41, 5.74) is -0.174. The van der Waals surface area contributed by atoms with Crippen LogP contribution in [0.1, 0.15) is 27.2 Å². The van der Waals surface area contributed by atoms with Gasteiger partial charge in [-0.3, -0.25) is 4.79 Å². The summed E-state index contributed by atoms with van der Waals surface area (Å²) in [6, 6.07) is 6.13. The summed E-state index contributed by atoms with van der Waals surface area (Å²) in [5.74, 6) is -0.115. The molecule has 1 aromatic rings. The first-order valence-electron chi connectivity index (χ1n) is 7.76. The minimum atomic E-state index is -0.388. The fraction of sp³-hybridized carbons (Fsp3) is 0.588. The molecule has 2 atom stereocenters. The first kappa shape index (κ1) is 16.7. The Kier molecular flexibility index (Phi) is 5.40. The van der Waals surface area contributed by atoms with E-state index in [1.807, 2.05) is 20.8 Å². The first-order valence-corrected chi connectivity index (χ1v) is 7.76. The van der Waals surface area contributed by atoms with E-state index in [9.17, 15) is 9.18 Å². The summed E-state index contributed by atoms with van der Waals surface area (Å²) in [6.07, 6.45) is 0.858. The Balaban J connectivity index is 1.97. The first-order chi connectivity index (χ1) is 10.4. The van der Waals surface area contributed by atoms with E-state index in [0.717, 1.165) is 19.5 Å². The van der Waals surface area contributed by atoms with Crippen molar-refractivity contribution >= 4 is 5.91 Å². The van der Waals surface area contributed by atoms with Crippen LogP contribution in [-0.4, -0.2) is 31.6 Å². The van der Waals surface area contributed by atoms with E-state index in [2.05, 4.69) is 10.6 Å². The molecule has 0 bridgehead atoms. The van der Waals surface area contributed by atoms with Gasteiger partial charge in [-0.2, -0.15) is 0 Å². The lowest BCUT2D eigenvalue weighted by atomic mass is 9.86. The Bertz CT molecular complexity index is 508. The second-order valence-electron chi connectivity index (χ2n) is 6.86. The second-order valence-corrected chi connectivity index (χ2v) is 6.86. The molecule has 0 aromatic heterocycles. The van der Waals surface area contributed by atoms with Crippen LogP contribution in [0, 0.1) is 17.2 Å². The molecule has 0 aliphatic carbocycles. The van der Waals surface area contributed by atoms with Crippen molar-refractivity contribution in [3.63, 3.8) is 0 Å². The van der Waals surface area contributed by atoms with Crippen LogP contribution in [0.25, 0.3) is 0 Å². The molecule has 0 spiro atoms. The number of nitrogens with one attached hydrogen (secondary N) is 2. The molecule has 4 nitrogen and oxygen atoms in total. The van der Waals surface area contributed by atoms with E-state index in [1.165, 1.54) is 6.07 Å². The summed E-state index contributed by atoms with van der Waals surface area (Å²) in [7, 11) is 0. The molecule has 22 heavy (non-hydrogen) atoms. The maximum atomic E-state index is 13.6. The molecule has 122 valence electrons. The standard InChI is InChI=1S/C17H25FN2O2/c1-17(2,3)15(20-16(21)12-8-9-19-10-12)11-22-14-7-5-4-6-13(14)18/h4-7,12,15,19H,8-11H2,1-3H3,(H,20,21)/t12-,15-/m0/s1. The number of carbonyl (C=O) groups is 1. The van der Waals surface area contributed by atoms with Gasteiger partial charge in [0, 0.05) is 6.54 Å². The van der Waals surface area contributed by atoms with Crippen molar-refractivity contribution < 1.29 is 13.9 Å². The number of amides is 1. The summed E-state index contributed by atoms with van der Waals surface area (Å²) in [4.78, 5) is 12.3. The van der Waals surface area contributed by atoms with Gasteiger partial charge in [0.05, 0.1) is 12.0 Å². The van der Waals surface area contributed by atoms with Gasteiger partial charge in [0.1, 0.15) is 6.61 Å². The summed E-state index contributed by atoms with van der Waals surface area (Å²) in [6.45, 7) is 7.96. The predicted molar refractivity (Wildman–Crippen MR) is 84.3 cm³/mol. The number of hydrogen-bond donors (Lipinski definition) is 2. The Labute approximate surface area is 131 Å². The molecular weight excluding hydrogens is 283 g/mol. The van der Waals surface area contributed by atoms with Gasteiger partial charge < -0.3 is 15.4 Å². The average Bonchev–Trinajstić information content (AvgIpc) is 2.97. The summed E-state index contributed by atoms with van der Waals surface area (Å²) >= 11 is 0. The lowest BCUT2D eigenvalue weighted by Gasteiger charge is -2.32. The van der Waals surface area contributed by atoms with E-state index in [0.29, 0.717) is 0 Å². The molecule has 0 saturated carbocycles. The van der Waals surface area contributed by atoms with Crippen molar-refractivity contribution in [3.05, 3.63) is 30.1 Å². The number of rotatable bonds is 5. The van der Waals surface area contributed by atoms with E-state index in [4.69, 9.17) is 4.74 Å². The molecule has 2 rings (SSSR count). The van der Waals surface area contributed by atoms with Gasteiger partial charge in [-0.1, -0.05) is 32.9 Å². The van der Waals surface area contributed by atoms with Gasteiger partial charge >= 0.3 is 0 Å². The van der Waals surface area contributed by atoms with Crippen LogP contribution in [0.3, 0.4) is 0 Å². The molecule has 1 aromatic carbocycles. The van der Waals surface area contributed by atoms with Gasteiger partial charge in [0.2, 0.25) is 5.91 Å². The summed E-state index contributed by atoms with van der Waals surface area (Å²) in [5, 5.41) is 6.25. The SMILES string of the molecule is CC(C)(C)[C@H](COc1ccccc1F)NC(=O)[C@H]1CCNC1. The van der Waals surface area contributed by atoms with E-state index in [1.54, 1.807) is 18.2 Å². The number of ether oxygens (including phenoxy) is 1. The third kappa shape index (κ3) is 4.44. The van der Waals surface area contributed by atoms with Crippen LogP contribution in [0.15, 0.2) is 24.3 Å². The quantitative estimate of drug-likeness (QED) is 0.878. The number of para-hydroxylation sites is 1. The highest BCUT2D eigenvalue weighted by Crippen LogP contribution is 2.23. The number of hydrogen-bond acceptors (Lipinski definition) is 3. The Morgan fingerprint density at radius 1 is 1.45 bits per heavy atom. The monoisotopic (exact) mass is 308 g/mol. The predicted octanol–water partition coefficient (Wildman–Crippen LogP) is 2.34. The van der Waals surface area contributed by atoms with Crippen LogP contribution in [-0.2, 0) is 4.79 Å². The van der Waals surface area contributed by atoms with Crippen molar-refractivity contribution in [1.29, 1.82) is 0 Å². The third-order valence-corrected chi connectivity index (χ3v) is 4.04. The van der Waals surface area contributed by atoms with Crippen LogP contribution in [0.4, 0.5) is 4.39 Å². The van der Waals surface area contributed by atoms with Crippen molar-refractivity contribution in [2.24, 2.45) is 11.3 Å². The number of halogens is 1. The van der Waals surface area contributed by atoms with Gasteiger partial charge in [0.25, 0.3) is 0 Å². The molecule has 0 unspecified atom stereocenters. The Morgan fingerprint density at radius 2 is 2.18 bits per heavy atom. The van der Waals surface area contributed by atoms with Gasteiger partial charge in [-0.25, -0.2) is 4.39 Å². The minimum absolute atomic E-state index is 0.0123. The molecule has 5 heteroatoms. The van der Waals surface area contributed by atoms with Gasteiger partial charge in [-0.05, 0) is 30.5 Å². The zero-order valence-electron chi connectivity index (χ0n) is 13.5. The molecule has 1 aliphatic rings. The number of carbonyl (C=O) groups excluding carboxylic acids is 1. The lowest BCUT2D eigenvalue weighted by molar-refractivity contribution is -0.126. The van der Waals surface area contributed by atoms with Crippen molar-refractivity contribution in [1.82, 2.24) is 10.6 Å². The third-order valence-electron chi connectivity index (χ3n) is 4.04. The van der Waals surface area contributed by atoms with E-state index in [-0.39, 0.29) is 41.5 Å². The number of benzene rings is 1. The highest BCUT2D eigenvalue weighted by molar-refractivity contribution is 5.79. The highest BCUT2D eigenvalue weighted by Gasteiger charge is 2.31. The molecular formula is C17H25FN2O2. The lowest BCUT2D eigenvalue weighted by Crippen LogP contribution is -2.49. The molecule has 0 radical (unpaired) electrons. The molecule has 1 fully saturated rings. The van der Waals surface area contributed by atoms with E-state index >= 15 is 0 Å².